The zero-order valence-electron chi connectivity index (χ0n) is 19.3. The van der Waals surface area contributed by atoms with Gasteiger partial charge in [0.2, 0.25) is 0 Å². The molecule has 8 unspecified atom stereocenters. The molecular formula is C26H33FO6. The van der Waals surface area contributed by atoms with Crippen LogP contribution < -0.4 is 0 Å². The van der Waals surface area contributed by atoms with E-state index in [0.717, 1.165) is 18.4 Å². The van der Waals surface area contributed by atoms with Crippen molar-refractivity contribution in [3.8, 4) is 0 Å². The number of fused-ring (bicyclic) bond motifs is 7. The SMILES string of the molecule is CC12C=CC(=O)C=C1CCC1C3CC4OC5(CCCC5)OC4(C(=O)CO)C3(C)CC(O)C12F. The second-order valence-electron chi connectivity index (χ2n) is 11.6. The van der Waals surface area contributed by atoms with Crippen molar-refractivity contribution in [3.63, 3.8) is 0 Å². The normalized spacial score (nSPS) is 51.7. The van der Waals surface area contributed by atoms with Crippen molar-refractivity contribution in [3.05, 3.63) is 23.8 Å². The van der Waals surface area contributed by atoms with E-state index in [1.54, 1.807) is 13.0 Å². The average Bonchev–Trinajstić information content (AvgIpc) is 3.43. The van der Waals surface area contributed by atoms with E-state index in [-0.39, 0.29) is 18.1 Å². The van der Waals surface area contributed by atoms with Crippen molar-refractivity contribution in [2.75, 3.05) is 6.61 Å². The van der Waals surface area contributed by atoms with Gasteiger partial charge >= 0.3 is 0 Å². The highest BCUT2D eigenvalue weighted by atomic mass is 19.1. The van der Waals surface area contributed by atoms with Gasteiger partial charge in [-0.2, -0.15) is 0 Å². The summed E-state index contributed by atoms with van der Waals surface area (Å²) in [6, 6.07) is 0. The molecule has 0 aromatic heterocycles. The number of carbonyl (C=O) groups is 2. The van der Waals surface area contributed by atoms with E-state index in [1.165, 1.54) is 12.2 Å². The molecule has 6 rings (SSSR count). The molecule has 7 heteroatoms. The quantitative estimate of drug-likeness (QED) is 0.658. The summed E-state index contributed by atoms with van der Waals surface area (Å²) in [5, 5.41) is 21.5. The van der Waals surface area contributed by atoms with E-state index in [0.29, 0.717) is 32.1 Å². The van der Waals surface area contributed by atoms with Crippen LogP contribution >= 0.6 is 0 Å². The topological polar surface area (TPSA) is 93.1 Å². The van der Waals surface area contributed by atoms with Gasteiger partial charge in [-0.15, -0.1) is 0 Å². The highest BCUT2D eigenvalue weighted by molar-refractivity contribution is 6.01. The molecule has 5 fully saturated rings. The lowest BCUT2D eigenvalue weighted by Gasteiger charge is -2.62. The van der Waals surface area contributed by atoms with Crippen LogP contribution in [0.15, 0.2) is 23.8 Å². The molecule has 180 valence electrons. The van der Waals surface area contributed by atoms with Crippen LogP contribution in [0.25, 0.3) is 0 Å². The predicted molar refractivity (Wildman–Crippen MR) is 116 cm³/mol. The Balaban J connectivity index is 1.46. The number of alkyl halides is 1. The second kappa shape index (κ2) is 6.62. The van der Waals surface area contributed by atoms with Crippen molar-refractivity contribution in [2.45, 2.75) is 94.5 Å². The Hall–Kier alpha value is -1.41. The van der Waals surface area contributed by atoms with Crippen molar-refractivity contribution < 1.29 is 33.7 Å². The number of hydrogen-bond donors (Lipinski definition) is 2. The van der Waals surface area contributed by atoms with Gasteiger partial charge in [-0.3, -0.25) is 9.59 Å². The monoisotopic (exact) mass is 460 g/mol. The first-order valence-electron chi connectivity index (χ1n) is 12.4. The molecule has 1 aliphatic heterocycles. The molecule has 0 bridgehead atoms. The average molecular weight is 461 g/mol. The predicted octanol–water partition coefficient (Wildman–Crippen LogP) is 2.95. The number of carbonyl (C=O) groups excluding carboxylic acids is 2. The molecule has 1 spiro atoms. The first-order chi connectivity index (χ1) is 15.6. The van der Waals surface area contributed by atoms with Crippen LogP contribution in [0.2, 0.25) is 0 Å². The lowest BCUT2D eigenvalue weighted by atomic mass is 9.44. The number of ketones is 2. The van der Waals surface area contributed by atoms with Gasteiger partial charge in [0.15, 0.2) is 28.6 Å². The Kier molecular flexibility index (Phi) is 4.43. The van der Waals surface area contributed by atoms with Crippen molar-refractivity contribution >= 4 is 11.6 Å². The second-order valence-corrected chi connectivity index (χ2v) is 11.6. The molecule has 6 aliphatic rings. The van der Waals surface area contributed by atoms with Crippen LogP contribution in [-0.2, 0) is 19.1 Å². The Labute approximate surface area is 193 Å². The summed E-state index contributed by atoms with van der Waals surface area (Å²) in [6.45, 7) is 3.04. The summed E-state index contributed by atoms with van der Waals surface area (Å²) < 4.78 is 30.4. The lowest BCUT2D eigenvalue weighted by Crippen LogP contribution is -2.70. The fraction of sp³-hybridized carbons (Fsp3) is 0.769. The van der Waals surface area contributed by atoms with Crippen molar-refractivity contribution in [2.24, 2.45) is 22.7 Å². The zero-order valence-corrected chi connectivity index (χ0v) is 19.3. The van der Waals surface area contributed by atoms with Crippen LogP contribution in [0.1, 0.15) is 65.2 Å². The van der Waals surface area contributed by atoms with E-state index in [9.17, 15) is 19.8 Å². The van der Waals surface area contributed by atoms with Crippen LogP contribution in [0.5, 0.6) is 0 Å². The molecule has 1 saturated heterocycles. The molecular weight excluding hydrogens is 427 g/mol. The van der Waals surface area contributed by atoms with Gasteiger partial charge in [0, 0.05) is 29.6 Å². The maximum Gasteiger partial charge on any atom is 0.193 e. The summed E-state index contributed by atoms with van der Waals surface area (Å²) in [6.07, 6.45) is 7.52. The van der Waals surface area contributed by atoms with E-state index in [1.807, 2.05) is 6.92 Å². The molecule has 8 atom stereocenters. The summed E-state index contributed by atoms with van der Waals surface area (Å²) in [5.74, 6) is -2.17. The molecule has 0 radical (unpaired) electrons. The largest absolute Gasteiger partial charge is 0.390 e. The maximum atomic E-state index is 17.3. The van der Waals surface area contributed by atoms with Crippen LogP contribution in [0.3, 0.4) is 0 Å². The first-order valence-corrected chi connectivity index (χ1v) is 12.4. The van der Waals surface area contributed by atoms with Crippen LogP contribution in [-0.4, -0.2) is 57.7 Å². The smallest absolute Gasteiger partial charge is 0.193 e. The van der Waals surface area contributed by atoms with Gasteiger partial charge in [0.1, 0.15) is 6.61 Å². The Bertz CT molecular complexity index is 983. The summed E-state index contributed by atoms with van der Waals surface area (Å²) >= 11 is 0. The van der Waals surface area contributed by atoms with E-state index < -0.39 is 58.4 Å². The van der Waals surface area contributed by atoms with Gasteiger partial charge < -0.3 is 19.7 Å². The third-order valence-corrected chi connectivity index (χ3v) is 10.4. The Morgan fingerprint density at radius 3 is 2.67 bits per heavy atom. The number of Topliss-reactive ketones (excluding diaryl/α,β-unsaturated/α-hetero) is 1. The molecule has 5 aliphatic carbocycles. The van der Waals surface area contributed by atoms with Crippen molar-refractivity contribution in [1.82, 2.24) is 0 Å². The third kappa shape index (κ3) is 2.38. The lowest BCUT2D eigenvalue weighted by molar-refractivity contribution is -0.253. The molecule has 1 heterocycles. The minimum Gasteiger partial charge on any atom is -0.390 e. The number of hydrogen-bond acceptors (Lipinski definition) is 6. The number of allylic oxidation sites excluding steroid dienone is 4. The van der Waals surface area contributed by atoms with Gasteiger partial charge in [-0.1, -0.05) is 18.6 Å². The third-order valence-electron chi connectivity index (χ3n) is 10.4. The van der Waals surface area contributed by atoms with Crippen LogP contribution in [0, 0.1) is 22.7 Å². The van der Waals surface area contributed by atoms with Gasteiger partial charge in [0.05, 0.1) is 12.2 Å². The maximum absolute atomic E-state index is 17.3. The zero-order chi connectivity index (χ0) is 23.4. The Morgan fingerprint density at radius 2 is 1.97 bits per heavy atom. The summed E-state index contributed by atoms with van der Waals surface area (Å²) in [7, 11) is 0. The molecule has 2 N–H and O–H groups in total. The van der Waals surface area contributed by atoms with Gasteiger partial charge in [-0.25, -0.2) is 4.39 Å². The van der Waals surface area contributed by atoms with E-state index in [4.69, 9.17) is 9.47 Å². The number of aliphatic hydroxyl groups excluding tert-OH is 2. The minimum absolute atomic E-state index is 0.0387. The fourth-order valence-corrected chi connectivity index (χ4v) is 8.88. The molecule has 0 amide bonds. The molecule has 0 aromatic carbocycles. The number of ether oxygens (including phenoxy) is 2. The fourth-order valence-electron chi connectivity index (χ4n) is 8.88. The van der Waals surface area contributed by atoms with E-state index in [2.05, 4.69) is 0 Å². The van der Waals surface area contributed by atoms with Crippen LogP contribution in [0.4, 0.5) is 4.39 Å². The molecule has 4 saturated carbocycles. The number of aliphatic hydroxyl groups is 2. The van der Waals surface area contributed by atoms with Gasteiger partial charge in [0.25, 0.3) is 0 Å². The molecule has 33 heavy (non-hydrogen) atoms. The van der Waals surface area contributed by atoms with Crippen molar-refractivity contribution in [1.29, 1.82) is 0 Å². The minimum atomic E-state index is -1.97. The van der Waals surface area contributed by atoms with E-state index >= 15 is 4.39 Å². The number of rotatable bonds is 2. The highest BCUT2D eigenvalue weighted by Crippen LogP contribution is 2.73. The number of halogens is 1. The Morgan fingerprint density at radius 1 is 1.24 bits per heavy atom. The summed E-state index contributed by atoms with van der Waals surface area (Å²) in [5.41, 5.74) is -4.56. The molecule has 0 aromatic rings. The molecule has 6 nitrogen and oxygen atoms in total. The highest BCUT2D eigenvalue weighted by Gasteiger charge is 2.80. The van der Waals surface area contributed by atoms with Gasteiger partial charge in [-0.05, 0) is 63.5 Å². The summed E-state index contributed by atoms with van der Waals surface area (Å²) in [4.78, 5) is 25.4. The standard InChI is InChI=1S/C26H33FO6/c1-22-10-7-16(29)11-15(22)5-6-17-18-12-21-26(20(31)14-28,33-24(32-21)8-3-4-9-24)23(18,2)13-19(30)25(17,22)27/h7,10-11,17-19,21,28,30H,3-6,8-9,12-14H2,1-2H3. The first kappa shape index (κ1) is 22.1.